The van der Waals surface area contributed by atoms with Crippen LogP contribution in [0.5, 0.6) is 0 Å². The Morgan fingerprint density at radius 3 is 2.69 bits per heavy atom. The molecule has 1 nitrogen and oxygen atoms in total. The van der Waals surface area contributed by atoms with Gasteiger partial charge in [-0.1, -0.05) is 35.0 Å². The molecule has 1 rings (SSSR count). The lowest BCUT2D eigenvalue weighted by Crippen LogP contribution is -1.98. The molecule has 0 spiro atoms. The van der Waals surface area contributed by atoms with Crippen molar-refractivity contribution in [1.29, 1.82) is 0 Å². The quantitative estimate of drug-likeness (QED) is 0.794. The van der Waals surface area contributed by atoms with Gasteiger partial charge in [0.15, 0.2) is 0 Å². The predicted octanol–water partition coefficient (Wildman–Crippen LogP) is 3.14. The van der Waals surface area contributed by atoms with Crippen LogP contribution < -0.4 is 0 Å². The van der Waals surface area contributed by atoms with Gasteiger partial charge in [-0.15, -0.1) is 0 Å². The van der Waals surface area contributed by atoms with E-state index in [4.69, 9.17) is 0 Å². The number of carbonyl (C=O) groups is 1. The first kappa shape index (κ1) is 10.5. The van der Waals surface area contributed by atoms with Gasteiger partial charge < -0.3 is 0 Å². The van der Waals surface area contributed by atoms with Gasteiger partial charge in [-0.3, -0.25) is 4.79 Å². The first-order valence-electron chi connectivity index (χ1n) is 4.40. The van der Waals surface area contributed by atoms with Gasteiger partial charge in [0.1, 0.15) is 5.78 Å². The summed E-state index contributed by atoms with van der Waals surface area (Å²) in [5, 5.41) is 0. The minimum absolute atomic E-state index is 0.203. The van der Waals surface area contributed by atoms with Gasteiger partial charge in [-0.25, -0.2) is 0 Å². The molecular formula is C11H13BrO. The van der Waals surface area contributed by atoms with Crippen molar-refractivity contribution in [3.05, 3.63) is 33.8 Å². The zero-order valence-corrected chi connectivity index (χ0v) is 9.52. The van der Waals surface area contributed by atoms with Crippen LogP contribution in [0.15, 0.2) is 22.7 Å². The fraction of sp³-hybridized carbons (Fsp3) is 0.364. The number of carbonyl (C=O) groups excluding carboxylic acids is 1. The molecule has 0 heterocycles. The lowest BCUT2D eigenvalue weighted by Gasteiger charge is -2.04. The first-order valence-corrected chi connectivity index (χ1v) is 5.19. The van der Waals surface area contributed by atoms with Crippen LogP contribution in [0.2, 0.25) is 0 Å². The number of halogens is 1. The standard InChI is InChI=1S/C11H13BrO/c1-3-9-4-5-11(12)10(7-9)6-8(2)13/h4-5,7H,3,6H2,1-2H3. The summed E-state index contributed by atoms with van der Waals surface area (Å²) >= 11 is 3.44. The zero-order chi connectivity index (χ0) is 9.84. The molecule has 0 radical (unpaired) electrons. The number of benzene rings is 1. The molecule has 0 aliphatic carbocycles. The number of hydrogen-bond acceptors (Lipinski definition) is 1. The van der Waals surface area contributed by atoms with Crippen LogP contribution in [0.4, 0.5) is 0 Å². The lowest BCUT2D eigenvalue weighted by atomic mass is 10.1. The molecule has 0 aromatic heterocycles. The second kappa shape index (κ2) is 4.56. The summed E-state index contributed by atoms with van der Waals surface area (Å²) in [4.78, 5) is 10.9. The van der Waals surface area contributed by atoms with Gasteiger partial charge in [0, 0.05) is 10.9 Å². The highest BCUT2D eigenvalue weighted by molar-refractivity contribution is 9.10. The van der Waals surface area contributed by atoms with E-state index >= 15 is 0 Å². The normalized spacial score (nSPS) is 10.1. The van der Waals surface area contributed by atoms with Crippen molar-refractivity contribution in [1.82, 2.24) is 0 Å². The average molecular weight is 241 g/mol. The molecule has 0 N–H and O–H groups in total. The number of hydrogen-bond donors (Lipinski definition) is 0. The summed E-state index contributed by atoms with van der Waals surface area (Å²) in [7, 11) is 0. The van der Waals surface area contributed by atoms with Gasteiger partial charge in [0.05, 0.1) is 0 Å². The third kappa shape index (κ3) is 2.96. The Hall–Kier alpha value is -0.630. The molecule has 0 saturated heterocycles. The molecule has 0 aliphatic rings. The SMILES string of the molecule is CCc1ccc(Br)c(CC(C)=O)c1. The molecule has 70 valence electrons. The van der Waals surface area contributed by atoms with E-state index in [1.807, 2.05) is 6.07 Å². The van der Waals surface area contributed by atoms with E-state index in [1.165, 1.54) is 5.56 Å². The van der Waals surface area contributed by atoms with E-state index in [0.29, 0.717) is 6.42 Å². The zero-order valence-electron chi connectivity index (χ0n) is 7.93. The fourth-order valence-corrected chi connectivity index (χ4v) is 1.64. The highest BCUT2D eigenvalue weighted by Gasteiger charge is 2.03. The molecule has 0 unspecified atom stereocenters. The minimum Gasteiger partial charge on any atom is -0.300 e. The largest absolute Gasteiger partial charge is 0.300 e. The summed E-state index contributed by atoms with van der Waals surface area (Å²) in [6, 6.07) is 6.18. The lowest BCUT2D eigenvalue weighted by molar-refractivity contribution is -0.116. The molecule has 0 amide bonds. The Morgan fingerprint density at radius 1 is 1.46 bits per heavy atom. The van der Waals surface area contributed by atoms with Crippen molar-refractivity contribution < 1.29 is 4.79 Å². The summed E-state index contributed by atoms with van der Waals surface area (Å²) in [6.45, 7) is 3.73. The Balaban J connectivity index is 2.96. The van der Waals surface area contributed by atoms with E-state index in [1.54, 1.807) is 6.92 Å². The van der Waals surface area contributed by atoms with Gasteiger partial charge >= 0.3 is 0 Å². The van der Waals surface area contributed by atoms with Crippen molar-refractivity contribution in [3.63, 3.8) is 0 Å². The summed E-state index contributed by atoms with van der Waals surface area (Å²) in [5.74, 6) is 0.203. The second-order valence-electron chi connectivity index (χ2n) is 3.16. The maximum Gasteiger partial charge on any atom is 0.134 e. The molecule has 1 aromatic carbocycles. The van der Waals surface area contributed by atoms with Gasteiger partial charge in [-0.2, -0.15) is 0 Å². The molecule has 0 saturated carbocycles. The van der Waals surface area contributed by atoms with Crippen LogP contribution in [0.3, 0.4) is 0 Å². The molecule has 13 heavy (non-hydrogen) atoms. The van der Waals surface area contributed by atoms with E-state index in [9.17, 15) is 4.79 Å². The Morgan fingerprint density at radius 2 is 2.15 bits per heavy atom. The van der Waals surface area contributed by atoms with Crippen LogP contribution in [0.25, 0.3) is 0 Å². The van der Waals surface area contributed by atoms with Crippen LogP contribution >= 0.6 is 15.9 Å². The highest BCUT2D eigenvalue weighted by atomic mass is 79.9. The third-order valence-electron chi connectivity index (χ3n) is 1.96. The molecule has 0 atom stereocenters. The molecule has 0 aliphatic heterocycles. The third-order valence-corrected chi connectivity index (χ3v) is 2.73. The first-order chi connectivity index (χ1) is 6.13. The number of aryl methyl sites for hydroxylation is 1. The smallest absolute Gasteiger partial charge is 0.134 e. The number of ketones is 1. The fourth-order valence-electron chi connectivity index (χ4n) is 1.25. The van der Waals surface area contributed by atoms with Crippen molar-refractivity contribution >= 4 is 21.7 Å². The molecule has 0 fully saturated rings. The summed E-state index contributed by atoms with van der Waals surface area (Å²) < 4.78 is 1.03. The minimum atomic E-state index is 0.203. The van der Waals surface area contributed by atoms with Crippen molar-refractivity contribution in [2.45, 2.75) is 26.7 Å². The summed E-state index contributed by atoms with van der Waals surface area (Å²) in [6.07, 6.45) is 1.53. The maximum absolute atomic E-state index is 10.9. The van der Waals surface area contributed by atoms with E-state index in [-0.39, 0.29) is 5.78 Å². The van der Waals surface area contributed by atoms with Crippen LogP contribution in [-0.4, -0.2) is 5.78 Å². The number of Topliss-reactive ketones (excluding diaryl/α,β-unsaturated/α-hetero) is 1. The topological polar surface area (TPSA) is 17.1 Å². The van der Waals surface area contributed by atoms with Crippen molar-refractivity contribution in [2.24, 2.45) is 0 Å². The Labute approximate surface area is 87.3 Å². The molecular weight excluding hydrogens is 228 g/mol. The van der Waals surface area contributed by atoms with Crippen LogP contribution in [0.1, 0.15) is 25.0 Å². The Kier molecular flexibility index (Phi) is 3.67. The van der Waals surface area contributed by atoms with Crippen LogP contribution in [0, 0.1) is 0 Å². The predicted molar refractivity (Wildman–Crippen MR) is 57.9 cm³/mol. The number of rotatable bonds is 3. The monoisotopic (exact) mass is 240 g/mol. The van der Waals surface area contributed by atoms with E-state index in [0.717, 1.165) is 16.5 Å². The van der Waals surface area contributed by atoms with Gasteiger partial charge in [0.2, 0.25) is 0 Å². The van der Waals surface area contributed by atoms with E-state index < -0.39 is 0 Å². The highest BCUT2D eigenvalue weighted by Crippen LogP contribution is 2.19. The molecule has 0 bridgehead atoms. The maximum atomic E-state index is 10.9. The Bertz CT molecular complexity index is 318. The van der Waals surface area contributed by atoms with Gasteiger partial charge in [-0.05, 0) is 30.5 Å². The molecule has 1 aromatic rings. The van der Waals surface area contributed by atoms with E-state index in [2.05, 4.69) is 35.0 Å². The molecule has 2 heteroatoms. The second-order valence-corrected chi connectivity index (χ2v) is 4.01. The van der Waals surface area contributed by atoms with Gasteiger partial charge in [0.25, 0.3) is 0 Å². The van der Waals surface area contributed by atoms with Crippen molar-refractivity contribution in [3.8, 4) is 0 Å². The van der Waals surface area contributed by atoms with Crippen LogP contribution in [-0.2, 0) is 17.6 Å². The summed E-state index contributed by atoms with van der Waals surface area (Å²) in [5.41, 5.74) is 2.37. The van der Waals surface area contributed by atoms with Crippen molar-refractivity contribution in [2.75, 3.05) is 0 Å². The average Bonchev–Trinajstić information content (AvgIpc) is 2.08.